The monoisotopic (exact) mass is 339 g/mol. The number of nitrogens with one attached hydrogen (secondary N) is 1. The Morgan fingerprint density at radius 2 is 1.92 bits per heavy atom. The lowest BCUT2D eigenvalue weighted by molar-refractivity contribution is 0.0954. The molecule has 0 atom stereocenters. The van der Waals surface area contributed by atoms with Crippen LogP contribution in [0.5, 0.6) is 5.75 Å². The van der Waals surface area contributed by atoms with E-state index >= 15 is 0 Å². The predicted octanol–water partition coefficient (Wildman–Crippen LogP) is 3.60. The van der Waals surface area contributed by atoms with Gasteiger partial charge in [-0.05, 0) is 54.6 Å². The molecule has 120 valence electrons. The Balaban J connectivity index is 1.73. The maximum Gasteiger partial charge on any atom is 0.271 e. The molecule has 3 aromatic rings. The molecule has 0 saturated carbocycles. The smallest absolute Gasteiger partial charge is 0.271 e. The number of aromatic hydroxyl groups is 1. The van der Waals surface area contributed by atoms with Gasteiger partial charge in [-0.2, -0.15) is 5.10 Å². The number of phenolic OH excluding ortho intramolecular Hbond substituents is 1. The van der Waals surface area contributed by atoms with Gasteiger partial charge in [0.25, 0.3) is 5.91 Å². The highest BCUT2D eigenvalue weighted by atomic mass is 35.5. The number of hydrazone groups is 1. The fourth-order valence-corrected chi connectivity index (χ4v) is 2.33. The minimum Gasteiger partial charge on any atom is -0.508 e. The quantitative estimate of drug-likeness (QED) is 0.563. The van der Waals surface area contributed by atoms with E-state index in [0.717, 1.165) is 11.4 Å². The molecule has 24 heavy (non-hydrogen) atoms. The van der Waals surface area contributed by atoms with Crippen LogP contribution >= 0.6 is 11.6 Å². The Bertz CT molecular complexity index is 885. The third-order valence-electron chi connectivity index (χ3n) is 3.36. The van der Waals surface area contributed by atoms with Crippen LogP contribution in [0.4, 0.5) is 0 Å². The fourth-order valence-electron chi connectivity index (χ4n) is 2.20. The van der Waals surface area contributed by atoms with Gasteiger partial charge in [-0.3, -0.25) is 4.79 Å². The number of amides is 1. The molecule has 3 rings (SSSR count). The molecule has 1 amide bonds. The molecule has 1 heterocycles. The molecule has 2 N–H and O–H groups in total. The first-order valence-corrected chi connectivity index (χ1v) is 7.57. The Labute approximate surface area is 143 Å². The number of hydrogen-bond donors (Lipinski definition) is 2. The van der Waals surface area contributed by atoms with Crippen molar-refractivity contribution in [2.75, 3.05) is 0 Å². The maximum absolute atomic E-state index is 12.0. The second-order valence-electron chi connectivity index (χ2n) is 5.03. The zero-order valence-corrected chi connectivity index (χ0v) is 13.3. The van der Waals surface area contributed by atoms with Gasteiger partial charge in [0.2, 0.25) is 0 Å². The van der Waals surface area contributed by atoms with Crippen molar-refractivity contribution in [3.05, 3.63) is 83.1 Å². The van der Waals surface area contributed by atoms with Gasteiger partial charge in [0.15, 0.2) is 0 Å². The summed E-state index contributed by atoms with van der Waals surface area (Å²) in [5.74, 6) is -0.366. The van der Waals surface area contributed by atoms with E-state index in [1.54, 1.807) is 18.3 Å². The highest BCUT2D eigenvalue weighted by Crippen LogP contribution is 2.15. The van der Waals surface area contributed by atoms with Crippen molar-refractivity contribution in [1.82, 2.24) is 9.99 Å². The number of benzene rings is 2. The van der Waals surface area contributed by atoms with Gasteiger partial charge in [-0.1, -0.05) is 17.7 Å². The molecule has 0 unspecified atom stereocenters. The molecule has 0 fully saturated rings. The number of nitrogens with zero attached hydrogens (tertiary/aromatic N) is 2. The van der Waals surface area contributed by atoms with Gasteiger partial charge in [-0.25, -0.2) is 5.43 Å². The molecule has 5 nitrogen and oxygen atoms in total. The fraction of sp³-hybridized carbons (Fsp3) is 0. The molecule has 6 heteroatoms. The van der Waals surface area contributed by atoms with Crippen molar-refractivity contribution in [2.24, 2.45) is 5.10 Å². The van der Waals surface area contributed by atoms with Crippen molar-refractivity contribution in [3.63, 3.8) is 0 Å². The van der Waals surface area contributed by atoms with Crippen LogP contribution in [-0.2, 0) is 0 Å². The molecule has 0 aliphatic carbocycles. The van der Waals surface area contributed by atoms with Crippen LogP contribution < -0.4 is 5.43 Å². The van der Waals surface area contributed by atoms with Crippen LogP contribution in [0.3, 0.4) is 0 Å². The first-order chi connectivity index (χ1) is 11.6. The van der Waals surface area contributed by atoms with Crippen molar-refractivity contribution in [3.8, 4) is 11.4 Å². The van der Waals surface area contributed by atoms with Crippen molar-refractivity contribution in [2.45, 2.75) is 0 Å². The summed E-state index contributed by atoms with van der Waals surface area (Å²) >= 11 is 5.90. The average molecular weight is 340 g/mol. The van der Waals surface area contributed by atoms with Gasteiger partial charge in [0, 0.05) is 22.5 Å². The van der Waals surface area contributed by atoms with E-state index in [1.165, 1.54) is 12.1 Å². The zero-order valence-electron chi connectivity index (χ0n) is 12.6. The first kappa shape index (κ1) is 15.8. The molecular weight excluding hydrogens is 326 g/mol. The number of rotatable bonds is 4. The summed E-state index contributed by atoms with van der Waals surface area (Å²) in [4.78, 5) is 12.0. The Morgan fingerprint density at radius 3 is 2.67 bits per heavy atom. The summed E-state index contributed by atoms with van der Waals surface area (Å²) in [6.45, 7) is 0. The topological polar surface area (TPSA) is 66.6 Å². The summed E-state index contributed by atoms with van der Waals surface area (Å²) < 4.78 is 1.92. The third-order valence-corrected chi connectivity index (χ3v) is 3.61. The van der Waals surface area contributed by atoms with E-state index in [0.29, 0.717) is 10.6 Å². The number of aromatic nitrogens is 1. The van der Waals surface area contributed by atoms with Crippen molar-refractivity contribution < 1.29 is 9.90 Å². The van der Waals surface area contributed by atoms with Crippen molar-refractivity contribution in [1.29, 1.82) is 0 Å². The third kappa shape index (κ3) is 3.64. The second-order valence-corrected chi connectivity index (χ2v) is 5.47. The number of carbonyl (C=O) groups is 1. The number of phenols is 1. The van der Waals surface area contributed by atoms with Crippen LogP contribution in [0.25, 0.3) is 5.69 Å². The van der Waals surface area contributed by atoms with Crippen molar-refractivity contribution >= 4 is 23.7 Å². The molecule has 0 aliphatic heterocycles. The number of carbonyl (C=O) groups excluding carboxylic acids is 1. The zero-order chi connectivity index (χ0) is 16.9. The van der Waals surface area contributed by atoms with Crippen LogP contribution in [0.1, 0.15) is 16.1 Å². The van der Waals surface area contributed by atoms with Gasteiger partial charge < -0.3 is 9.67 Å². The normalized spacial score (nSPS) is 10.9. The van der Waals surface area contributed by atoms with Crippen LogP contribution in [-0.4, -0.2) is 21.8 Å². The van der Waals surface area contributed by atoms with Gasteiger partial charge in [-0.15, -0.1) is 0 Å². The number of hydrogen-bond acceptors (Lipinski definition) is 3. The summed E-state index contributed by atoms with van der Waals surface area (Å²) in [7, 11) is 0. The van der Waals surface area contributed by atoms with E-state index in [-0.39, 0.29) is 5.75 Å². The molecular formula is C18H14ClN3O2. The highest BCUT2D eigenvalue weighted by Gasteiger charge is 2.05. The molecule has 0 radical (unpaired) electrons. The summed E-state index contributed by atoms with van der Waals surface area (Å²) in [6, 6.07) is 17.2. The number of halogens is 1. The lowest BCUT2D eigenvalue weighted by Gasteiger charge is -2.06. The molecule has 0 aliphatic rings. The van der Waals surface area contributed by atoms with E-state index < -0.39 is 5.91 Å². The predicted molar refractivity (Wildman–Crippen MR) is 93.9 cm³/mol. The minimum absolute atomic E-state index is 0.0308. The highest BCUT2D eigenvalue weighted by molar-refractivity contribution is 6.30. The SMILES string of the molecule is O=C(N/N=C/c1cccn1-c1ccc(Cl)cc1)c1cccc(O)c1. The van der Waals surface area contributed by atoms with Crippen LogP contribution in [0.15, 0.2) is 72.0 Å². The van der Waals surface area contributed by atoms with Crippen LogP contribution in [0.2, 0.25) is 5.02 Å². The van der Waals surface area contributed by atoms with E-state index in [2.05, 4.69) is 10.5 Å². The van der Waals surface area contributed by atoms with Gasteiger partial charge in [0.1, 0.15) is 5.75 Å². The molecule has 0 spiro atoms. The summed E-state index contributed by atoms with van der Waals surface area (Å²) in [5.41, 5.74) is 4.51. The van der Waals surface area contributed by atoms with Crippen LogP contribution in [0, 0.1) is 0 Å². The van der Waals surface area contributed by atoms with E-state index in [9.17, 15) is 9.90 Å². The summed E-state index contributed by atoms with van der Waals surface area (Å²) in [6.07, 6.45) is 3.44. The minimum atomic E-state index is -0.397. The molecule has 0 bridgehead atoms. The first-order valence-electron chi connectivity index (χ1n) is 7.19. The van der Waals surface area contributed by atoms with Gasteiger partial charge >= 0.3 is 0 Å². The lowest BCUT2D eigenvalue weighted by Crippen LogP contribution is -2.17. The lowest BCUT2D eigenvalue weighted by atomic mass is 10.2. The molecule has 2 aromatic carbocycles. The average Bonchev–Trinajstić information content (AvgIpc) is 3.04. The molecule has 0 saturated heterocycles. The van der Waals surface area contributed by atoms with Gasteiger partial charge in [0.05, 0.1) is 11.9 Å². The molecule has 1 aromatic heterocycles. The standard InChI is InChI=1S/C18H14ClN3O2/c19-14-6-8-15(9-7-14)22-10-2-4-16(22)12-20-21-18(24)13-3-1-5-17(23)11-13/h1-12,23H,(H,21,24)/b20-12+. The summed E-state index contributed by atoms with van der Waals surface area (Å²) in [5, 5.41) is 14.0. The maximum atomic E-state index is 12.0. The Hall–Kier alpha value is -3.05. The van der Waals surface area contributed by atoms with E-state index in [1.807, 2.05) is 47.2 Å². The Morgan fingerprint density at radius 1 is 1.12 bits per heavy atom. The van der Waals surface area contributed by atoms with E-state index in [4.69, 9.17) is 11.6 Å². The largest absolute Gasteiger partial charge is 0.508 e. The second kappa shape index (κ2) is 7.02. The Kier molecular flexibility index (Phi) is 4.63.